The Kier molecular flexibility index (Phi) is 61.8. The van der Waals surface area contributed by atoms with Crippen molar-refractivity contribution in [1.82, 2.24) is 0 Å². The molecule has 86 heavy (non-hydrogen) atoms. The summed E-state index contributed by atoms with van der Waals surface area (Å²) in [5.41, 5.74) is 0. The maximum Gasteiger partial charge on any atom is 0.472 e. The molecule has 0 rings (SSSR count). The van der Waals surface area contributed by atoms with E-state index in [1.54, 1.807) is 0 Å². The van der Waals surface area contributed by atoms with Crippen molar-refractivity contribution in [3.05, 3.63) is 158 Å². The van der Waals surface area contributed by atoms with Gasteiger partial charge in [0.1, 0.15) is 19.8 Å². The molecular weight excluding hydrogens is 1090 g/mol. The largest absolute Gasteiger partial charge is 0.472 e. The average Bonchev–Trinajstić information content (AvgIpc) is 3.70. The first-order chi connectivity index (χ1) is 42.0. The second-order valence-electron chi connectivity index (χ2n) is 23.4. The molecule has 2 unspecified atom stereocenters. The third-order valence-corrected chi connectivity index (χ3v) is 15.0. The summed E-state index contributed by atoms with van der Waals surface area (Å²) in [5, 5.41) is 0. The Morgan fingerprint density at radius 1 is 0.360 bits per heavy atom. The molecule has 0 aliphatic carbocycles. The number of likely N-dealkylation sites (N-methyl/N-ethyl adjacent to an activating group) is 1. The number of hydrogen-bond acceptors (Lipinski definition) is 7. The molecule has 0 saturated carbocycles. The van der Waals surface area contributed by atoms with Gasteiger partial charge in [0.25, 0.3) is 0 Å². The lowest BCUT2D eigenvalue weighted by Crippen LogP contribution is -2.37. The van der Waals surface area contributed by atoms with Crippen LogP contribution in [0, 0.1) is 0 Å². The molecule has 0 saturated heterocycles. The van der Waals surface area contributed by atoms with Gasteiger partial charge in [-0.1, -0.05) is 281 Å². The van der Waals surface area contributed by atoms with Gasteiger partial charge in [-0.3, -0.25) is 18.6 Å². The number of nitrogens with zero attached hydrogens (tertiary/aromatic N) is 1. The van der Waals surface area contributed by atoms with Crippen molar-refractivity contribution in [3.63, 3.8) is 0 Å². The minimum Gasteiger partial charge on any atom is -0.462 e. The molecule has 0 radical (unpaired) electrons. The summed E-state index contributed by atoms with van der Waals surface area (Å²) in [7, 11) is 1.46. The summed E-state index contributed by atoms with van der Waals surface area (Å²) in [5.74, 6) is -0.813. The third kappa shape index (κ3) is 68.7. The zero-order valence-electron chi connectivity index (χ0n) is 55.5. The first kappa shape index (κ1) is 81.6. The van der Waals surface area contributed by atoms with E-state index in [9.17, 15) is 19.0 Å². The summed E-state index contributed by atoms with van der Waals surface area (Å²) >= 11 is 0. The highest BCUT2D eigenvalue weighted by Crippen LogP contribution is 2.43. The van der Waals surface area contributed by atoms with Gasteiger partial charge < -0.3 is 18.9 Å². The van der Waals surface area contributed by atoms with Crippen LogP contribution in [0.3, 0.4) is 0 Å². The number of quaternary nitrogens is 1. The van der Waals surface area contributed by atoms with Crippen molar-refractivity contribution in [2.45, 2.75) is 264 Å². The number of esters is 2. The fourth-order valence-electron chi connectivity index (χ4n) is 8.88. The number of phosphoric ester groups is 1. The number of phosphoric acid groups is 1. The van der Waals surface area contributed by atoms with Crippen LogP contribution in [-0.2, 0) is 32.7 Å². The van der Waals surface area contributed by atoms with Gasteiger partial charge in [0.2, 0.25) is 0 Å². The number of ether oxygens (including phenoxy) is 2. The predicted octanol–water partition coefficient (Wildman–Crippen LogP) is 22.4. The highest BCUT2D eigenvalue weighted by atomic mass is 31.2. The quantitative estimate of drug-likeness (QED) is 0.0211. The fourth-order valence-corrected chi connectivity index (χ4v) is 9.62. The Hall–Kier alpha value is -4.37. The molecule has 1 N–H and O–H groups in total. The van der Waals surface area contributed by atoms with Gasteiger partial charge in [0.05, 0.1) is 27.7 Å². The number of unbranched alkanes of at least 4 members (excludes halogenated alkanes) is 21. The number of hydrogen-bond donors (Lipinski definition) is 1. The molecule has 0 spiro atoms. The first-order valence-electron chi connectivity index (χ1n) is 34.2. The number of rotatable bonds is 61. The van der Waals surface area contributed by atoms with Crippen LogP contribution in [0.2, 0.25) is 0 Å². The monoisotopic (exact) mass is 1210 g/mol. The van der Waals surface area contributed by atoms with E-state index in [2.05, 4.69) is 172 Å². The summed E-state index contributed by atoms with van der Waals surface area (Å²) < 4.78 is 34.7. The SMILES string of the molecule is CC/C=C\C/C=C\C/C=C\C/C=C\C/C=C\C/C=C\C/C=C\C/C=C\C/C=C\CCCCCCCCCCCCCCCC(=O)OC(COC(=O)CCCCCCCCCC/C=C\C/C=C\C/C=C\C/C=C\CC)COP(=O)(O)OCC[N+](C)(C)C. The molecule has 0 heterocycles. The maximum absolute atomic E-state index is 12.9. The van der Waals surface area contributed by atoms with E-state index in [1.165, 1.54) is 89.9 Å². The lowest BCUT2D eigenvalue weighted by Gasteiger charge is -2.24. The molecule has 488 valence electrons. The van der Waals surface area contributed by atoms with Crippen molar-refractivity contribution in [2.75, 3.05) is 47.5 Å². The molecule has 0 aromatic rings. The second kappa shape index (κ2) is 65.1. The van der Waals surface area contributed by atoms with Crippen LogP contribution in [0.4, 0.5) is 0 Å². The Morgan fingerprint density at radius 3 is 0.930 bits per heavy atom. The average molecular weight is 1210 g/mol. The molecule has 0 aliphatic rings. The number of carbonyl (C=O) groups is 2. The topological polar surface area (TPSA) is 108 Å². The molecular formula is C76H127NO8P+. The van der Waals surface area contributed by atoms with E-state index in [4.69, 9.17) is 18.5 Å². The maximum atomic E-state index is 12.9. The molecule has 9 nitrogen and oxygen atoms in total. The van der Waals surface area contributed by atoms with Gasteiger partial charge in [-0.05, 0) is 122 Å². The molecule has 0 aromatic carbocycles. The fraction of sp³-hybridized carbons (Fsp3) is 0.632. The number of allylic oxidation sites excluding steroid dienone is 26. The highest BCUT2D eigenvalue weighted by Gasteiger charge is 2.27. The summed E-state index contributed by atoms with van der Waals surface area (Å²) in [6.07, 6.45) is 97.6. The van der Waals surface area contributed by atoms with Crippen LogP contribution < -0.4 is 0 Å². The lowest BCUT2D eigenvalue weighted by molar-refractivity contribution is -0.870. The van der Waals surface area contributed by atoms with Crippen LogP contribution >= 0.6 is 7.82 Å². The minimum absolute atomic E-state index is 0.0231. The van der Waals surface area contributed by atoms with Gasteiger partial charge in [0, 0.05) is 12.8 Å². The van der Waals surface area contributed by atoms with Crippen molar-refractivity contribution in [2.24, 2.45) is 0 Å². The van der Waals surface area contributed by atoms with Crippen LogP contribution in [0.25, 0.3) is 0 Å². The molecule has 0 amide bonds. The van der Waals surface area contributed by atoms with E-state index in [0.29, 0.717) is 17.4 Å². The van der Waals surface area contributed by atoms with Crippen molar-refractivity contribution >= 4 is 19.8 Å². The second-order valence-corrected chi connectivity index (χ2v) is 24.9. The summed E-state index contributed by atoms with van der Waals surface area (Å²) in [4.78, 5) is 35.8. The Bertz CT molecular complexity index is 2010. The summed E-state index contributed by atoms with van der Waals surface area (Å²) in [6, 6.07) is 0. The van der Waals surface area contributed by atoms with Crippen molar-refractivity contribution in [1.29, 1.82) is 0 Å². The van der Waals surface area contributed by atoms with Gasteiger partial charge >= 0.3 is 19.8 Å². The van der Waals surface area contributed by atoms with Gasteiger partial charge in [-0.15, -0.1) is 0 Å². The number of carbonyl (C=O) groups excluding carboxylic acids is 2. The van der Waals surface area contributed by atoms with E-state index >= 15 is 0 Å². The van der Waals surface area contributed by atoms with E-state index in [1.807, 2.05) is 21.1 Å². The van der Waals surface area contributed by atoms with Crippen LogP contribution in [0.15, 0.2) is 158 Å². The lowest BCUT2D eigenvalue weighted by atomic mass is 10.0. The predicted molar refractivity (Wildman–Crippen MR) is 371 cm³/mol. The molecule has 0 aliphatic heterocycles. The molecule has 0 aromatic heterocycles. The normalized spacial score (nSPS) is 14.2. The smallest absolute Gasteiger partial charge is 0.462 e. The zero-order valence-corrected chi connectivity index (χ0v) is 56.4. The van der Waals surface area contributed by atoms with Crippen LogP contribution in [0.5, 0.6) is 0 Å². The standard InChI is InChI=1S/C76H126NO8P/c1-6-8-10-12-14-16-18-20-22-24-26-28-29-30-31-32-33-34-35-36-37-38-39-40-41-42-43-44-45-46-47-49-51-53-55-57-59-61-63-65-67-69-76(79)85-74(73-84-86(80,81)83-71-70-77(3,4)5)72-82-75(78)68-66-64-62-60-58-56-54-52-50-48-27-25-23-21-19-17-15-13-11-9-7-2/h8-11,14-17,20-23,26-28,30-31,33-34,36-37,39-40,42-43,48,74H,6-7,12-13,18-19,24-25,29,32,35,38,41,44-47,49-73H2,1-5H3/p+1/b10-8-,11-9-,16-14-,17-15-,22-20-,23-21-,28-26-,31-30-,34-33-,37-36-,40-39-,43-42-,48-27-. The molecule has 2 atom stereocenters. The Labute approximate surface area is 528 Å². The molecule has 0 fully saturated rings. The highest BCUT2D eigenvalue weighted by molar-refractivity contribution is 7.47. The Balaban J connectivity index is 4.07. The summed E-state index contributed by atoms with van der Waals surface area (Å²) in [6.45, 7) is 4.19. The Morgan fingerprint density at radius 2 is 0.628 bits per heavy atom. The zero-order chi connectivity index (χ0) is 62.6. The van der Waals surface area contributed by atoms with Crippen LogP contribution in [0.1, 0.15) is 258 Å². The molecule has 0 bridgehead atoms. The first-order valence-corrected chi connectivity index (χ1v) is 35.7. The minimum atomic E-state index is -4.40. The third-order valence-electron chi connectivity index (χ3n) is 14.1. The van der Waals surface area contributed by atoms with Gasteiger partial charge in [-0.2, -0.15) is 0 Å². The van der Waals surface area contributed by atoms with Gasteiger partial charge in [0.15, 0.2) is 6.10 Å². The van der Waals surface area contributed by atoms with Crippen molar-refractivity contribution < 1.29 is 42.1 Å². The van der Waals surface area contributed by atoms with Crippen LogP contribution in [-0.4, -0.2) is 74.9 Å². The van der Waals surface area contributed by atoms with Gasteiger partial charge in [-0.25, -0.2) is 4.57 Å². The van der Waals surface area contributed by atoms with E-state index in [-0.39, 0.29) is 32.0 Å². The van der Waals surface area contributed by atoms with Crippen molar-refractivity contribution in [3.8, 4) is 0 Å². The van der Waals surface area contributed by atoms with E-state index in [0.717, 1.165) is 135 Å². The van der Waals surface area contributed by atoms with E-state index < -0.39 is 26.5 Å². The molecule has 10 heteroatoms.